The number of aryl methyl sites for hydroxylation is 1. The molecule has 176 valence electrons. The lowest BCUT2D eigenvalue weighted by Gasteiger charge is -2.20. The molecular formula is C26H30N6O2. The highest BCUT2D eigenvalue weighted by Crippen LogP contribution is 2.31. The van der Waals surface area contributed by atoms with Crippen LogP contribution in [0.5, 0.6) is 5.88 Å². The lowest BCUT2D eigenvalue weighted by molar-refractivity contribution is -0.121. The van der Waals surface area contributed by atoms with Crippen LogP contribution in [-0.2, 0) is 11.3 Å². The summed E-state index contributed by atoms with van der Waals surface area (Å²) in [5.74, 6) is 0.0781. The van der Waals surface area contributed by atoms with E-state index in [1.165, 1.54) is 5.69 Å². The SMILES string of the molecule is CCN(CC)c1ccc(/C=N/N=C/c2c(O)n(CC)c3cc(C4=NNC(=O)CC4)ccc23)cc1. The maximum absolute atomic E-state index is 11.4. The topological polar surface area (TPSA) is 94.6 Å². The van der Waals surface area contributed by atoms with E-state index in [-0.39, 0.29) is 11.8 Å². The van der Waals surface area contributed by atoms with Crippen molar-refractivity contribution in [3.8, 4) is 5.88 Å². The summed E-state index contributed by atoms with van der Waals surface area (Å²) in [6.07, 6.45) is 4.30. The van der Waals surface area contributed by atoms with Crippen molar-refractivity contribution >= 4 is 40.6 Å². The van der Waals surface area contributed by atoms with Crippen LogP contribution < -0.4 is 10.3 Å². The molecule has 4 rings (SSSR count). The Morgan fingerprint density at radius 1 is 1.06 bits per heavy atom. The van der Waals surface area contributed by atoms with Gasteiger partial charge in [0.2, 0.25) is 11.8 Å². The smallest absolute Gasteiger partial charge is 0.240 e. The van der Waals surface area contributed by atoms with Gasteiger partial charge >= 0.3 is 0 Å². The van der Waals surface area contributed by atoms with Gasteiger partial charge in [0.1, 0.15) is 0 Å². The van der Waals surface area contributed by atoms with Crippen molar-refractivity contribution in [3.05, 3.63) is 59.2 Å². The first-order valence-electron chi connectivity index (χ1n) is 11.7. The first-order valence-corrected chi connectivity index (χ1v) is 11.7. The highest BCUT2D eigenvalue weighted by atomic mass is 16.3. The van der Waals surface area contributed by atoms with Crippen LogP contribution in [0, 0.1) is 0 Å². The Labute approximate surface area is 199 Å². The molecule has 0 radical (unpaired) electrons. The normalized spacial score (nSPS) is 14.2. The van der Waals surface area contributed by atoms with Crippen molar-refractivity contribution in [2.75, 3.05) is 18.0 Å². The molecule has 0 spiro atoms. The molecule has 0 saturated carbocycles. The van der Waals surface area contributed by atoms with Crippen LogP contribution in [0.4, 0.5) is 5.69 Å². The van der Waals surface area contributed by atoms with Gasteiger partial charge in [0, 0.05) is 43.5 Å². The third-order valence-corrected chi connectivity index (χ3v) is 6.11. The predicted octanol–water partition coefficient (Wildman–Crippen LogP) is 4.28. The molecule has 0 aliphatic carbocycles. The van der Waals surface area contributed by atoms with Crippen molar-refractivity contribution < 1.29 is 9.90 Å². The molecule has 2 N–H and O–H groups in total. The minimum Gasteiger partial charge on any atom is -0.494 e. The molecule has 8 nitrogen and oxygen atoms in total. The molecule has 0 fully saturated rings. The van der Waals surface area contributed by atoms with Crippen LogP contribution in [0.1, 0.15) is 50.3 Å². The zero-order chi connectivity index (χ0) is 24.1. The molecule has 0 bridgehead atoms. The van der Waals surface area contributed by atoms with Crippen molar-refractivity contribution in [2.24, 2.45) is 15.3 Å². The number of nitrogens with zero attached hydrogens (tertiary/aromatic N) is 5. The number of amides is 1. The Morgan fingerprint density at radius 3 is 2.44 bits per heavy atom. The fourth-order valence-electron chi connectivity index (χ4n) is 4.22. The van der Waals surface area contributed by atoms with Gasteiger partial charge in [0.25, 0.3) is 0 Å². The van der Waals surface area contributed by atoms with E-state index < -0.39 is 0 Å². The number of carbonyl (C=O) groups is 1. The molecule has 0 atom stereocenters. The molecule has 0 saturated heterocycles. The fraction of sp³-hybridized carbons (Fsp3) is 0.308. The summed E-state index contributed by atoms with van der Waals surface area (Å²) in [4.78, 5) is 13.7. The summed E-state index contributed by atoms with van der Waals surface area (Å²) in [7, 11) is 0. The molecule has 1 amide bonds. The molecule has 8 heteroatoms. The molecule has 2 aromatic carbocycles. The van der Waals surface area contributed by atoms with Gasteiger partial charge in [-0.15, -0.1) is 0 Å². The molecule has 0 unspecified atom stereocenters. The van der Waals surface area contributed by atoms with Crippen molar-refractivity contribution in [2.45, 2.75) is 40.2 Å². The molecule has 1 aliphatic heterocycles. The van der Waals surface area contributed by atoms with Gasteiger partial charge in [-0.05, 0) is 50.1 Å². The van der Waals surface area contributed by atoms with Crippen LogP contribution in [0.25, 0.3) is 10.9 Å². The Bertz CT molecular complexity index is 1270. The maximum Gasteiger partial charge on any atom is 0.240 e. The third kappa shape index (κ3) is 4.71. The molecule has 34 heavy (non-hydrogen) atoms. The number of carbonyl (C=O) groups excluding carboxylic acids is 1. The number of fused-ring (bicyclic) bond motifs is 1. The average Bonchev–Trinajstić information content (AvgIpc) is 3.13. The number of nitrogens with one attached hydrogen (secondary N) is 1. The Hall–Kier alpha value is -3.94. The third-order valence-electron chi connectivity index (χ3n) is 6.11. The predicted molar refractivity (Wildman–Crippen MR) is 138 cm³/mol. The van der Waals surface area contributed by atoms with Gasteiger partial charge in [0.05, 0.1) is 29.2 Å². The van der Waals surface area contributed by atoms with Gasteiger partial charge in [-0.1, -0.05) is 24.3 Å². The number of benzene rings is 2. The highest BCUT2D eigenvalue weighted by Gasteiger charge is 2.18. The van der Waals surface area contributed by atoms with E-state index in [0.29, 0.717) is 24.9 Å². The second-order valence-electron chi connectivity index (χ2n) is 8.06. The zero-order valence-electron chi connectivity index (χ0n) is 19.8. The number of rotatable bonds is 8. The van der Waals surface area contributed by atoms with E-state index in [4.69, 9.17) is 0 Å². The van der Waals surface area contributed by atoms with E-state index >= 15 is 0 Å². The Morgan fingerprint density at radius 2 is 1.79 bits per heavy atom. The molecule has 3 aromatic rings. The van der Waals surface area contributed by atoms with Gasteiger partial charge < -0.3 is 14.6 Å². The van der Waals surface area contributed by atoms with Crippen LogP contribution in [0.15, 0.2) is 57.8 Å². The Balaban J connectivity index is 1.57. The van der Waals surface area contributed by atoms with Crippen molar-refractivity contribution in [3.63, 3.8) is 0 Å². The summed E-state index contributed by atoms with van der Waals surface area (Å²) in [6.45, 7) is 8.80. The summed E-state index contributed by atoms with van der Waals surface area (Å²) in [5, 5.41) is 24.3. The lowest BCUT2D eigenvalue weighted by Crippen LogP contribution is -2.25. The molecule has 1 aliphatic rings. The van der Waals surface area contributed by atoms with E-state index in [9.17, 15) is 9.90 Å². The first kappa shape index (κ1) is 23.2. The van der Waals surface area contributed by atoms with Crippen LogP contribution in [0.3, 0.4) is 0 Å². The van der Waals surface area contributed by atoms with Crippen molar-refractivity contribution in [1.29, 1.82) is 0 Å². The van der Waals surface area contributed by atoms with Gasteiger partial charge in [-0.3, -0.25) is 4.79 Å². The minimum atomic E-state index is -0.0710. The van der Waals surface area contributed by atoms with E-state index in [0.717, 1.165) is 40.8 Å². The number of aromatic nitrogens is 1. The number of aromatic hydroxyl groups is 1. The zero-order valence-corrected chi connectivity index (χ0v) is 19.8. The Kier molecular flexibility index (Phi) is 7.06. The molecule has 2 heterocycles. The number of hydrogen-bond donors (Lipinski definition) is 2. The minimum absolute atomic E-state index is 0.0710. The van der Waals surface area contributed by atoms with Gasteiger partial charge in [-0.2, -0.15) is 15.3 Å². The summed E-state index contributed by atoms with van der Waals surface area (Å²) in [6, 6.07) is 14.1. The second kappa shape index (κ2) is 10.3. The van der Waals surface area contributed by atoms with Crippen LogP contribution in [0.2, 0.25) is 0 Å². The fourth-order valence-corrected chi connectivity index (χ4v) is 4.22. The molecule has 1 aromatic heterocycles. The van der Waals surface area contributed by atoms with Crippen molar-refractivity contribution in [1.82, 2.24) is 9.99 Å². The monoisotopic (exact) mass is 458 g/mol. The number of hydrazone groups is 1. The highest BCUT2D eigenvalue weighted by molar-refractivity contribution is 6.09. The average molecular weight is 459 g/mol. The quantitative estimate of drug-likeness (QED) is 0.390. The number of hydrogen-bond acceptors (Lipinski definition) is 6. The maximum atomic E-state index is 11.4. The van der Waals surface area contributed by atoms with Crippen LogP contribution in [-0.4, -0.2) is 46.8 Å². The number of anilines is 1. The van der Waals surface area contributed by atoms with Gasteiger partial charge in [0.15, 0.2) is 0 Å². The lowest BCUT2D eigenvalue weighted by atomic mass is 10.0. The summed E-state index contributed by atoms with van der Waals surface area (Å²) < 4.78 is 1.83. The first-order chi connectivity index (χ1) is 16.5. The van der Waals surface area contributed by atoms with E-state index in [1.807, 2.05) is 41.8 Å². The largest absolute Gasteiger partial charge is 0.494 e. The van der Waals surface area contributed by atoms with E-state index in [2.05, 4.69) is 51.6 Å². The standard InChI is InChI=1S/C26H30N6O2/c1-4-31(5-2)20-10-7-18(8-11-20)16-27-28-17-22-21-12-9-19(23-13-14-25(33)30-29-23)15-24(21)32(6-3)26(22)34/h7-12,15-17,34H,4-6,13-14H2,1-3H3,(H,30,33)/b27-16+,28-17+. The molecular weight excluding hydrogens is 428 g/mol. The second-order valence-corrected chi connectivity index (χ2v) is 8.06. The summed E-state index contributed by atoms with van der Waals surface area (Å²) in [5.41, 5.74) is 7.94. The van der Waals surface area contributed by atoms with E-state index in [1.54, 1.807) is 12.4 Å². The van der Waals surface area contributed by atoms with Crippen LogP contribution >= 0.6 is 0 Å². The summed E-state index contributed by atoms with van der Waals surface area (Å²) >= 11 is 0. The van der Waals surface area contributed by atoms with Gasteiger partial charge in [-0.25, -0.2) is 5.43 Å².